The molecule has 0 aliphatic heterocycles. The van der Waals surface area contributed by atoms with Crippen LogP contribution in [0.25, 0.3) is 0 Å². The summed E-state index contributed by atoms with van der Waals surface area (Å²) >= 11 is 0. The van der Waals surface area contributed by atoms with Gasteiger partial charge in [0, 0.05) is 16.7 Å². The lowest BCUT2D eigenvalue weighted by Gasteiger charge is -2.21. The lowest BCUT2D eigenvalue weighted by Crippen LogP contribution is -2.21. The molecule has 0 aliphatic rings. The molecule has 6 nitrogen and oxygen atoms in total. The van der Waals surface area contributed by atoms with E-state index < -0.39 is 17.9 Å². The maximum Gasteiger partial charge on any atom is 0.333 e. The van der Waals surface area contributed by atoms with Gasteiger partial charge in [0.25, 0.3) is 0 Å². The van der Waals surface area contributed by atoms with Crippen molar-refractivity contribution in [2.24, 2.45) is 11.8 Å². The Morgan fingerprint density at radius 3 is 1.70 bits per heavy atom. The van der Waals surface area contributed by atoms with Crippen molar-refractivity contribution in [3.63, 3.8) is 0 Å². The van der Waals surface area contributed by atoms with Gasteiger partial charge in [0.2, 0.25) is 0 Å². The van der Waals surface area contributed by atoms with E-state index in [1.807, 2.05) is 6.92 Å². The van der Waals surface area contributed by atoms with Gasteiger partial charge in [-0.25, -0.2) is 14.4 Å². The molecule has 0 aromatic heterocycles. The summed E-state index contributed by atoms with van der Waals surface area (Å²) in [6.07, 6.45) is 2.03. The molecule has 0 bridgehead atoms. The predicted octanol–water partition coefficient (Wildman–Crippen LogP) is 3.77. The second-order valence-corrected chi connectivity index (χ2v) is 7.02. The van der Waals surface area contributed by atoms with Gasteiger partial charge in [-0.1, -0.05) is 26.7 Å². The largest absolute Gasteiger partial charge is 0.462 e. The van der Waals surface area contributed by atoms with Crippen LogP contribution in [0, 0.1) is 11.8 Å². The summed E-state index contributed by atoms with van der Waals surface area (Å²) < 4.78 is 15.5. The minimum atomic E-state index is -0.435. The SMILES string of the molecule is C=C(C)C(=O)OCCCC(COC(=O)C(=C)C)CC(C)COC(=O)C(=C)C. The molecule has 2 atom stereocenters. The Morgan fingerprint density at radius 2 is 1.22 bits per heavy atom. The van der Waals surface area contributed by atoms with Crippen molar-refractivity contribution in [1.82, 2.24) is 0 Å². The van der Waals surface area contributed by atoms with Crippen molar-refractivity contribution < 1.29 is 28.6 Å². The van der Waals surface area contributed by atoms with E-state index >= 15 is 0 Å². The number of hydrogen-bond acceptors (Lipinski definition) is 6. The molecule has 0 radical (unpaired) electrons. The van der Waals surface area contributed by atoms with E-state index in [1.54, 1.807) is 20.8 Å². The molecule has 0 saturated heterocycles. The van der Waals surface area contributed by atoms with Crippen LogP contribution in [0.3, 0.4) is 0 Å². The van der Waals surface area contributed by atoms with Crippen molar-refractivity contribution in [3.8, 4) is 0 Å². The summed E-state index contributed by atoms with van der Waals surface area (Å²) in [5.41, 5.74) is 1.05. The second-order valence-electron chi connectivity index (χ2n) is 7.02. The lowest BCUT2D eigenvalue weighted by atomic mass is 9.93. The van der Waals surface area contributed by atoms with E-state index in [-0.39, 0.29) is 31.7 Å². The molecular formula is C21H32O6. The number of ether oxygens (including phenoxy) is 3. The van der Waals surface area contributed by atoms with E-state index in [4.69, 9.17) is 14.2 Å². The fourth-order valence-electron chi connectivity index (χ4n) is 2.22. The van der Waals surface area contributed by atoms with Crippen LogP contribution < -0.4 is 0 Å². The number of hydrogen-bond donors (Lipinski definition) is 0. The van der Waals surface area contributed by atoms with Gasteiger partial charge in [-0.15, -0.1) is 0 Å². The van der Waals surface area contributed by atoms with Crippen LogP contribution in [0.4, 0.5) is 0 Å². The molecule has 0 saturated carbocycles. The molecule has 27 heavy (non-hydrogen) atoms. The normalized spacial score (nSPS) is 12.4. The minimum absolute atomic E-state index is 0.0513. The summed E-state index contributed by atoms with van der Waals surface area (Å²) in [4.78, 5) is 34.5. The van der Waals surface area contributed by atoms with Crippen molar-refractivity contribution in [3.05, 3.63) is 36.5 Å². The Balaban J connectivity index is 4.53. The zero-order valence-corrected chi connectivity index (χ0v) is 17.0. The van der Waals surface area contributed by atoms with Crippen molar-refractivity contribution in [1.29, 1.82) is 0 Å². The quantitative estimate of drug-likeness (QED) is 0.209. The van der Waals surface area contributed by atoms with E-state index in [2.05, 4.69) is 19.7 Å². The highest BCUT2D eigenvalue weighted by molar-refractivity contribution is 5.87. The van der Waals surface area contributed by atoms with Crippen LogP contribution in [-0.2, 0) is 28.6 Å². The molecule has 152 valence electrons. The average molecular weight is 380 g/mol. The fraction of sp³-hybridized carbons (Fsp3) is 0.571. The highest BCUT2D eigenvalue weighted by atomic mass is 16.5. The highest BCUT2D eigenvalue weighted by Gasteiger charge is 2.18. The first-order chi connectivity index (χ1) is 12.5. The van der Waals surface area contributed by atoms with Gasteiger partial charge in [-0.05, 0) is 51.9 Å². The third kappa shape index (κ3) is 11.8. The summed E-state index contributed by atoms with van der Waals surface area (Å²) in [6, 6.07) is 0. The monoisotopic (exact) mass is 380 g/mol. The summed E-state index contributed by atoms with van der Waals surface area (Å²) in [5, 5.41) is 0. The van der Waals surface area contributed by atoms with Gasteiger partial charge in [-0.2, -0.15) is 0 Å². The Labute approximate surface area is 162 Å². The number of carbonyl (C=O) groups is 3. The molecule has 0 rings (SSSR count). The average Bonchev–Trinajstić information content (AvgIpc) is 2.59. The zero-order chi connectivity index (χ0) is 21.0. The molecular weight excluding hydrogens is 348 g/mol. The van der Waals surface area contributed by atoms with Crippen LogP contribution in [0.1, 0.15) is 47.0 Å². The van der Waals surface area contributed by atoms with Gasteiger partial charge in [0.05, 0.1) is 19.8 Å². The molecule has 2 unspecified atom stereocenters. The maximum absolute atomic E-state index is 11.6. The smallest absolute Gasteiger partial charge is 0.333 e. The summed E-state index contributed by atoms with van der Waals surface area (Å²) in [5.74, 6) is -1.13. The first-order valence-corrected chi connectivity index (χ1v) is 9.02. The minimum Gasteiger partial charge on any atom is -0.462 e. The Morgan fingerprint density at radius 1 is 0.778 bits per heavy atom. The first-order valence-electron chi connectivity index (χ1n) is 9.02. The van der Waals surface area contributed by atoms with Crippen molar-refractivity contribution in [2.75, 3.05) is 19.8 Å². The number of esters is 3. The summed E-state index contributed by atoms with van der Waals surface area (Å²) in [6.45, 7) is 18.2. The molecule has 0 aromatic carbocycles. The number of rotatable bonds is 13. The Kier molecular flexibility index (Phi) is 11.8. The fourth-order valence-corrected chi connectivity index (χ4v) is 2.22. The van der Waals surface area contributed by atoms with Crippen molar-refractivity contribution >= 4 is 17.9 Å². The van der Waals surface area contributed by atoms with Gasteiger partial charge >= 0.3 is 17.9 Å². The molecule has 0 heterocycles. The van der Waals surface area contributed by atoms with Crippen molar-refractivity contribution in [2.45, 2.75) is 47.0 Å². The molecule has 0 amide bonds. The number of carbonyl (C=O) groups excluding carboxylic acids is 3. The molecule has 0 aliphatic carbocycles. The molecule has 0 N–H and O–H groups in total. The molecule has 0 fully saturated rings. The van der Waals surface area contributed by atoms with Crippen LogP contribution in [0.2, 0.25) is 0 Å². The van der Waals surface area contributed by atoms with Gasteiger partial charge in [0.1, 0.15) is 0 Å². The zero-order valence-electron chi connectivity index (χ0n) is 17.0. The molecule has 0 aromatic rings. The topological polar surface area (TPSA) is 78.9 Å². The van der Waals surface area contributed by atoms with E-state index in [1.165, 1.54) is 0 Å². The Bertz CT molecular complexity index is 575. The predicted molar refractivity (Wildman–Crippen MR) is 104 cm³/mol. The van der Waals surface area contributed by atoms with Crippen LogP contribution >= 0.6 is 0 Å². The highest BCUT2D eigenvalue weighted by Crippen LogP contribution is 2.19. The van der Waals surface area contributed by atoms with Crippen LogP contribution in [-0.4, -0.2) is 37.7 Å². The van der Waals surface area contributed by atoms with E-state index in [0.29, 0.717) is 36.0 Å². The van der Waals surface area contributed by atoms with Gasteiger partial charge < -0.3 is 14.2 Å². The summed E-state index contributed by atoms with van der Waals surface area (Å²) in [7, 11) is 0. The first kappa shape index (κ1) is 24.6. The lowest BCUT2D eigenvalue weighted by molar-refractivity contribution is -0.141. The molecule has 6 heteroatoms. The molecule has 0 spiro atoms. The van der Waals surface area contributed by atoms with Gasteiger partial charge in [-0.3, -0.25) is 0 Å². The van der Waals surface area contributed by atoms with E-state index in [9.17, 15) is 14.4 Å². The maximum atomic E-state index is 11.6. The van der Waals surface area contributed by atoms with Crippen LogP contribution in [0.5, 0.6) is 0 Å². The third-order valence-corrected chi connectivity index (χ3v) is 3.72. The second kappa shape index (κ2) is 12.9. The third-order valence-electron chi connectivity index (χ3n) is 3.72. The van der Waals surface area contributed by atoms with E-state index in [0.717, 1.165) is 0 Å². The standard InChI is InChI=1S/C21H32O6/c1-14(2)19(22)25-10-8-9-18(13-27-21(24)16(5)6)11-17(7)12-26-20(23)15(3)4/h17-18H,1,3,5,8-13H2,2,4,6-7H3. The van der Waals surface area contributed by atoms with Crippen LogP contribution in [0.15, 0.2) is 36.5 Å². The Hall–Kier alpha value is -2.37. The van der Waals surface area contributed by atoms with Gasteiger partial charge in [0.15, 0.2) is 0 Å².